The van der Waals surface area contributed by atoms with Crippen molar-refractivity contribution < 1.29 is 14.0 Å². The second kappa shape index (κ2) is 4.96. The van der Waals surface area contributed by atoms with E-state index in [1.165, 1.54) is 0 Å². The summed E-state index contributed by atoms with van der Waals surface area (Å²) in [6.45, 7) is 0.0252. The lowest BCUT2D eigenvalue weighted by atomic mass is 9.49. The zero-order chi connectivity index (χ0) is 18.9. The van der Waals surface area contributed by atoms with E-state index in [4.69, 9.17) is 10.5 Å². The number of ketones is 1. The van der Waals surface area contributed by atoms with Crippen LogP contribution >= 0.6 is 0 Å². The molecule has 3 fully saturated rings. The summed E-state index contributed by atoms with van der Waals surface area (Å²) in [5.41, 5.74) is -0.462. The Morgan fingerprint density at radius 2 is 2.22 bits per heavy atom. The summed E-state index contributed by atoms with van der Waals surface area (Å²) in [4.78, 5) is 11.9. The van der Waals surface area contributed by atoms with Crippen molar-refractivity contribution in [3.63, 3.8) is 0 Å². The van der Waals surface area contributed by atoms with Crippen LogP contribution in [0.1, 0.15) is 62.8 Å². The molecule has 0 heterocycles. The summed E-state index contributed by atoms with van der Waals surface area (Å²) in [5, 5.41) is 11.1. The summed E-state index contributed by atoms with van der Waals surface area (Å²) >= 11 is 0. The maximum Gasteiger partial charge on any atom is 0.155 e. The van der Waals surface area contributed by atoms with E-state index in [1.807, 2.05) is 0 Å². The second-order valence-electron chi connectivity index (χ2n) is 8.49. The average molecular weight is 316 g/mol. The summed E-state index contributed by atoms with van der Waals surface area (Å²) in [6, 6.07) is 0. The molecular weight excluding hydrogens is 285 g/mol. The fourth-order valence-electron chi connectivity index (χ4n) is 6.49. The minimum Gasteiger partial charge on any atom is -0.377 e. The molecule has 0 saturated heterocycles. The monoisotopic (exact) mass is 316 g/mol. The molecule has 7 atom stereocenters. The Kier molecular flexibility index (Phi) is 2.66. The Morgan fingerprint density at radius 3 is 2.96 bits per heavy atom. The van der Waals surface area contributed by atoms with Gasteiger partial charge in [-0.3, -0.25) is 4.79 Å². The van der Waals surface area contributed by atoms with E-state index in [2.05, 4.69) is 12.8 Å². The lowest BCUT2D eigenvalue weighted by Crippen LogP contribution is -2.53. The van der Waals surface area contributed by atoms with Crippen molar-refractivity contribution >= 4 is 5.78 Å². The number of carbonyl (C=O) groups excluding carboxylic acids is 1. The molecule has 0 radical (unpaired) electrons. The lowest BCUT2D eigenvalue weighted by Gasteiger charge is -2.56. The topological polar surface area (TPSA) is 37.3 Å². The van der Waals surface area contributed by atoms with Crippen LogP contribution in [-0.2, 0) is 4.79 Å². The first-order valence-corrected chi connectivity index (χ1v) is 9.04. The summed E-state index contributed by atoms with van der Waals surface area (Å²) in [5.74, 6) is 3.18. The fourth-order valence-corrected chi connectivity index (χ4v) is 6.49. The van der Waals surface area contributed by atoms with Gasteiger partial charge in [-0.1, -0.05) is 25.3 Å². The molecule has 0 aromatic rings. The molecule has 4 aliphatic carbocycles. The number of aliphatic hydroxyl groups is 1. The molecule has 0 aromatic carbocycles. The number of carbonyl (C=O) groups is 1. The molecule has 0 spiro atoms. The lowest BCUT2D eigenvalue weighted by molar-refractivity contribution is -0.117. The van der Waals surface area contributed by atoms with Gasteiger partial charge in [0.05, 0.1) is 0 Å². The largest absolute Gasteiger partial charge is 0.377 e. The van der Waals surface area contributed by atoms with Gasteiger partial charge < -0.3 is 5.11 Å². The van der Waals surface area contributed by atoms with Gasteiger partial charge in [-0.2, -0.15) is 0 Å². The standard InChI is InChI=1S/C21H28O2/c1-4-21(23)10-8-18-19-13(2)11-14-12-15(22)5-6-16(14)17(19)7-9-20(18,21)3/h1,12-13,16-19,23H,5-11H2,2-3H3/t13-,16-,17+,18-,19+,20-,21-/m0/s1/i2+1D3. The highest BCUT2D eigenvalue weighted by Gasteiger charge is 2.62. The zero-order valence-electron chi connectivity index (χ0n) is 16.8. The highest BCUT2D eigenvalue weighted by Crippen LogP contribution is 2.65. The van der Waals surface area contributed by atoms with Crippen molar-refractivity contribution in [2.24, 2.45) is 35.0 Å². The van der Waals surface area contributed by atoms with Crippen LogP contribution in [0.25, 0.3) is 0 Å². The minimum absolute atomic E-state index is 0.0546. The third kappa shape index (κ3) is 1.96. The van der Waals surface area contributed by atoms with Crippen molar-refractivity contribution in [2.45, 2.75) is 64.3 Å². The summed E-state index contributed by atoms with van der Waals surface area (Å²) in [7, 11) is 0. The normalized spacial score (nSPS) is 54.5. The van der Waals surface area contributed by atoms with E-state index in [1.54, 1.807) is 6.08 Å². The smallest absolute Gasteiger partial charge is 0.155 e. The van der Waals surface area contributed by atoms with Crippen LogP contribution in [0.15, 0.2) is 11.6 Å². The molecule has 0 aromatic heterocycles. The number of fused-ring (bicyclic) bond motifs is 5. The molecule has 124 valence electrons. The van der Waals surface area contributed by atoms with E-state index >= 15 is 0 Å². The van der Waals surface area contributed by atoms with Gasteiger partial charge in [-0.15, -0.1) is 6.42 Å². The van der Waals surface area contributed by atoms with Crippen LogP contribution < -0.4 is 0 Å². The van der Waals surface area contributed by atoms with E-state index in [0.717, 1.165) is 31.3 Å². The average Bonchev–Trinajstić information content (AvgIpc) is 2.85. The Balaban J connectivity index is 1.78. The SMILES string of the molecule is [2H][13C]([2H])([2H])[C@H]1CC2=CC(=O)CC[C@@H]2[C@H]2CC[C@@]3(C)[C@@H](CC[C@@]3(O)C#C)[C@@H]21. The van der Waals surface area contributed by atoms with Gasteiger partial charge in [0, 0.05) is 15.9 Å². The Bertz CT molecular complexity index is 703. The quantitative estimate of drug-likeness (QED) is 0.546. The molecular formula is C21H28O2. The van der Waals surface area contributed by atoms with Crippen LogP contribution in [0.5, 0.6) is 0 Å². The van der Waals surface area contributed by atoms with Crippen molar-refractivity contribution in [3.8, 4) is 12.3 Å². The number of rotatable bonds is 0. The highest BCUT2D eigenvalue weighted by atomic mass is 16.3. The van der Waals surface area contributed by atoms with E-state index < -0.39 is 23.8 Å². The van der Waals surface area contributed by atoms with Crippen molar-refractivity contribution in [1.82, 2.24) is 0 Å². The summed E-state index contributed by atoms with van der Waals surface area (Å²) in [6.07, 6.45) is 12.5. The molecule has 0 unspecified atom stereocenters. The number of allylic oxidation sites excluding steroid dienone is 1. The molecule has 0 aliphatic heterocycles. The number of terminal acetylenes is 1. The maximum absolute atomic E-state index is 11.9. The fraction of sp³-hybridized carbons (Fsp3) is 0.762. The first-order valence-electron chi connectivity index (χ1n) is 10.5. The molecule has 0 bridgehead atoms. The third-order valence-corrected chi connectivity index (χ3v) is 7.74. The molecule has 0 amide bonds. The van der Waals surface area contributed by atoms with E-state index in [-0.39, 0.29) is 17.6 Å². The van der Waals surface area contributed by atoms with Crippen LogP contribution in [0, 0.1) is 47.3 Å². The number of hydrogen-bond acceptors (Lipinski definition) is 2. The van der Waals surface area contributed by atoms with Gasteiger partial charge in [0.2, 0.25) is 0 Å². The predicted octanol–water partition coefficient (Wildman–Crippen LogP) is 3.74. The molecule has 2 nitrogen and oxygen atoms in total. The van der Waals surface area contributed by atoms with Gasteiger partial charge in [-0.05, 0) is 74.2 Å². The van der Waals surface area contributed by atoms with Gasteiger partial charge in [0.15, 0.2) is 5.78 Å². The van der Waals surface area contributed by atoms with Crippen LogP contribution in [0.2, 0.25) is 0 Å². The van der Waals surface area contributed by atoms with Crippen molar-refractivity contribution in [1.29, 1.82) is 0 Å². The van der Waals surface area contributed by atoms with E-state index in [9.17, 15) is 9.90 Å². The first-order chi connectivity index (χ1) is 12.1. The predicted molar refractivity (Wildman–Crippen MR) is 90.4 cm³/mol. The molecule has 4 aliphatic rings. The molecule has 2 heteroatoms. The molecule has 4 rings (SSSR count). The third-order valence-electron chi connectivity index (χ3n) is 7.74. The van der Waals surface area contributed by atoms with E-state index in [0.29, 0.717) is 31.1 Å². The van der Waals surface area contributed by atoms with Crippen LogP contribution in [-0.4, -0.2) is 16.5 Å². The zero-order valence-corrected chi connectivity index (χ0v) is 13.8. The molecule has 3 saturated carbocycles. The minimum atomic E-state index is -2.05. The van der Waals surface area contributed by atoms with Crippen molar-refractivity contribution in [2.75, 3.05) is 0 Å². The number of hydrogen-bond donors (Lipinski definition) is 1. The Labute approximate surface area is 143 Å². The molecule has 1 N–H and O–H groups in total. The van der Waals surface area contributed by atoms with Gasteiger partial charge >= 0.3 is 0 Å². The van der Waals surface area contributed by atoms with Crippen LogP contribution in [0.3, 0.4) is 0 Å². The highest BCUT2D eigenvalue weighted by molar-refractivity contribution is 5.91. The Hall–Kier alpha value is -1.07. The second-order valence-corrected chi connectivity index (χ2v) is 8.49. The van der Waals surface area contributed by atoms with Crippen LogP contribution in [0.4, 0.5) is 0 Å². The van der Waals surface area contributed by atoms with Gasteiger partial charge in [0.25, 0.3) is 0 Å². The van der Waals surface area contributed by atoms with Gasteiger partial charge in [-0.25, -0.2) is 0 Å². The molecule has 23 heavy (non-hydrogen) atoms. The first kappa shape index (κ1) is 12.3. The maximum atomic E-state index is 11.9. The summed E-state index contributed by atoms with van der Waals surface area (Å²) < 4.78 is 24.5. The van der Waals surface area contributed by atoms with Crippen molar-refractivity contribution in [3.05, 3.63) is 11.6 Å². The Morgan fingerprint density at radius 1 is 1.39 bits per heavy atom. The van der Waals surface area contributed by atoms with Gasteiger partial charge in [0.1, 0.15) is 5.60 Å².